The Balaban J connectivity index is 1.44. The van der Waals surface area contributed by atoms with Gasteiger partial charge in [-0.15, -0.1) is 11.3 Å². The maximum Gasteiger partial charge on any atom is 0.260 e. The molecule has 3 heterocycles. The first kappa shape index (κ1) is 21.6. The third kappa shape index (κ3) is 4.12. The van der Waals surface area contributed by atoms with Crippen LogP contribution in [0.25, 0.3) is 21.3 Å². The van der Waals surface area contributed by atoms with Crippen LogP contribution in [-0.4, -0.2) is 35.6 Å². The average Bonchev–Trinajstić information content (AvgIpc) is 3.46. The number of aromatic amines is 1. The van der Waals surface area contributed by atoms with Gasteiger partial charge in [-0.2, -0.15) is 0 Å². The van der Waals surface area contributed by atoms with Gasteiger partial charge in [0.25, 0.3) is 5.56 Å². The minimum atomic E-state index is -0.304. The number of nitrogens with zero attached hydrogens (tertiary/aromatic N) is 2. The Bertz CT molecular complexity index is 1350. The maximum absolute atomic E-state index is 13.3. The van der Waals surface area contributed by atoms with Crippen LogP contribution in [0.3, 0.4) is 0 Å². The molecule has 0 radical (unpaired) electrons. The number of likely N-dealkylation sites (tertiary alicyclic amines) is 1. The SMILES string of the molecule is COc1ccc([C@@H]2CCCN2Cc2nc3scc(-c4ccc(F)cc4)c3c(=O)[nH]2)c(OC)c1. The molecule has 1 aliphatic heterocycles. The number of nitrogens with one attached hydrogen (secondary N) is 1. The van der Waals surface area contributed by atoms with Crippen molar-refractivity contribution in [1.29, 1.82) is 0 Å². The maximum atomic E-state index is 13.3. The van der Waals surface area contributed by atoms with Crippen molar-refractivity contribution in [1.82, 2.24) is 14.9 Å². The van der Waals surface area contributed by atoms with Crippen LogP contribution in [0, 0.1) is 5.82 Å². The van der Waals surface area contributed by atoms with E-state index in [4.69, 9.17) is 14.5 Å². The molecule has 33 heavy (non-hydrogen) atoms. The van der Waals surface area contributed by atoms with Crippen LogP contribution < -0.4 is 15.0 Å². The summed E-state index contributed by atoms with van der Waals surface area (Å²) in [4.78, 5) is 23.7. The smallest absolute Gasteiger partial charge is 0.260 e. The number of thiophene rings is 1. The summed E-state index contributed by atoms with van der Waals surface area (Å²) in [5.74, 6) is 1.89. The lowest BCUT2D eigenvalue weighted by molar-refractivity contribution is 0.237. The number of rotatable bonds is 6. The van der Waals surface area contributed by atoms with Gasteiger partial charge >= 0.3 is 0 Å². The normalized spacial score (nSPS) is 16.4. The van der Waals surface area contributed by atoms with Gasteiger partial charge in [-0.1, -0.05) is 18.2 Å². The number of benzene rings is 2. The van der Waals surface area contributed by atoms with Gasteiger partial charge in [0.15, 0.2) is 0 Å². The lowest BCUT2D eigenvalue weighted by Gasteiger charge is -2.26. The highest BCUT2D eigenvalue weighted by atomic mass is 32.1. The zero-order chi connectivity index (χ0) is 22.9. The highest BCUT2D eigenvalue weighted by Gasteiger charge is 2.29. The molecule has 0 bridgehead atoms. The molecule has 1 aliphatic rings. The van der Waals surface area contributed by atoms with Crippen LogP contribution in [0.5, 0.6) is 11.5 Å². The van der Waals surface area contributed by atoms with Gasteiger partial charge in [0, 0.05) is 28.6 Å². The zero-order valence-corrected chi connectivity index (χ0v) is 19.2. The first-order chi connectivity index (χ1) is 16.1. The lowest BCUT2D eigenvalue weighted by Crippen LogP contribution is -2.26. The van der Waals surface area contributed by atoms with E-state index in [1.165, 1.54) is 23.5 Å². The van der Waals surface area contributed by atoms with Gasteiger partial charge < -0.3 is 14.5 Å². The van der Waals surface area contributed by atoms with E-state index in [1.807, 2.05) is 23.6 Å². The molecular weight excluding hydrogens is 441 g/mol. The number of hydrogen-bond donors (Lipinski definition) is 1. The minimum Gasteiger partial charge on any atom is -0.497 e. The Hall–Kier alpha value is -3.23. The number of halogens is 1. The van der Waals surface area contributed by atoms with E-state index in [-0.39, 0.29) is 17.4 Å². The summed E-state index contributed by atoms with van der Waals surface area (Å²) in [6, 6.07) is 12.2. The predicted molar refractivity (Wildman–Crippen MR) is 128 cm³/mol. The molecule has 8 heteroatoms. The molecule has 0 saturated carbocycles. The van der Waals surface area contributed by atoms with Crippen molar-refractivity contribution in [2.75, 3.05) is 20.8 Å². The molecule has 1 saturated heterocycles. The fourth-order valence-corrected chi connectivity index (χ4v) is 5.53. The van der Waals surface area contributed by atoms with Crippen LogP contribution >= 0.6 is 11.3 Å². The first-order valence-electron chi connectivity index (χ1n) is 10.8. The van der Waals surface area contributed by atoms with Gasteiger partial charge in [0.1, 0.15) is 28.0 Å². The van der Waals surface area contributed by atoms with Crippen LogP contribution in [0.1, 0.15) is 30.3 Å². The molecule has 1 atom stereocenters. The monoisotopic (exact) mass is 465 g/mol. The molecule has 0 spiro atoms. The van der Waals surface area contributed by atoms with Crippen LogP contribution in [-0.2, 0) is 6.54 Å². The number of hydrogen-bond acceptors (Lipinski definition) is 6. The summed E-state index contributed by atoms with van der Waals surface area (Å²) < 4.78 is 24.3. The van der Waals surface area contributed by atoms with Gasteiger partial charge in [-0.05, 0) is 43.1 Å². The number of H-pyrrole nitrogens is 1. The van der Waals surface area contributed by atoms with E-state index in [1.54, 1.807) is 26.4 Å². The van der Waals surface area contributed by atoms with Crippen molar-refractivity contribution in [3.63, 3.8) is 0 Å². The van der Waals surface area contributed by atoms with Crippen molar-refractivity contribution in [2.24, 2.45) is 0 Å². The van der Waals surface area contributed by atoms with Crippen LogP contribution in [0.15, 0.2) is 52.6 Å². The van der Waals surface area contributed by atoms with Gasteiger partial charge in [-0.3, -0.25) is 9.69 Å². The highest BCUT2D eigenvalue weighted by Crippen LogP contribution is 2.39. The number of ether oxygens (including phenoxy) is 2. The Labute approximate surface area is 194 Å². The number of methoxy groups -OCH3 is 2. The molecule has 170 valence electrons. The van der Waals surface area contributed by atoms with E-state index >= 15 is 0 Å². The molecule has 0 unspecified atom stereocenters. The van der Waals surface area contributed by atoms with E-state index in [0.29, 0.717) is 22.6 Å². The molecule has 2 aromatic heterocycles. The molecule has 4 aromatic rings. The largest absolute Gasteiger partial charge is 0.497 e. The van der Waals surface area contributed by atoms with Gasteiger partial charge in [0.2, 0.25) is 0 Å². The number of fused-ring (bicyclic) bond motifs is 1. The molecule has 1 N–H and O–H groups in total. The predicted octanol–water partition coefficient (Wildman–Crippen LogP) is 5.15. The quantitative estimate of drug-likeness (QED) is 0.427. The first-order valence-corrected chi connectivity index (χ1v) is 11.7. The van der Waals surface area contributed by atoms with Crippen molar-refractivity contribution in [3.8, 4) is 22.6 Å². The van der Waals surface area contributed by atoms with Crippen molar-refractivity contribution < 1.29 is 13.9 Å². The molecule has 1 fully saturated rings. The summed E-state index contributed by atoms with van der Waals surface area (Å²) in [7, 11) is 3.31. The Kier molecular flexibility index (Phi) is 5.86. The molecule has 6 nitrogen and oxygen atoms in total. The molecule has 0 aliphatic carbocycles. The third-order valence-electron chi connectivity index (χ3n) is 6.16. The summed E-state index contributed by atoms with van der Waals surface area (Å²) in [5, 5.41) is 2.45. The van der Waals surface area contributed by atoms with E-state index < -0.39 is 0 Å². The highest BCUT2D eigenvalue weighted by molar-refractivity contribution is 7.17. The summed E-state index contributed by atoms with van der Waals surface area (Å²) in [6.07, 6.45) is 2.06. The van der Waals surface area contributed by atoms with E-state index in [9.17, 15) is 9.18 Å². The average molecular weight is 466 g/mol. The standard InChI is InChI=1S/C25H24FN3O3S/c1-31-17-9-10-18(21(12-17)32-2)20-4-3-11-29(20)13-22-27-24(30)23-19(14-33-25(23)28-22)15-5-7-16(26)8-6-15/h5-10,12,14,20H,3-4,11,13H2,1-2H3,(H,27,28,30)/t20-/m0/s1. The van der Waals surface area contributed by atoms with Crippen molar-refractivity contribution in [2.45, 2.75) is 25.4 Å². The second-order valence-electron chi connectivity index (χ2n) is 8.09. The third-order valence-corrected chi connectivity index (χ3v) is 7.04. The van der Waals surface area contributed by atoms with Crippen LogP contribution in [0.2, 0.25) is 0 Å². The van der Waals surface area contributed by atoms with Crippen molar-refractivity contribution >= 4 is 21.6 Å². The summed E-state index contributed by atoms with van der Waals surface area (Å²) >= 11 is 1.43. The molecule has 0 amide bonds. The van der Waals surface area contributed by atoms with E-state index in [0.717, 1.165) is 47.6 Å². The summed E-state index contributed by atoms with van der Waals surface area (Å²) in [6.45, 7) is 1.45. The Morgan fingerprint density at radius 1 is 1.18 bits per heavy atom. The zero-order valence-electron chi connectivity index (χ0n) is 18.4. The molecular formula is C25H24FN3O3S. The minimum absolute atomic E-state index is 0.171. The molecule has 2 aromatic carbocycles. The van der Waals surface area contributed by atoms with Gasteiger partial charge in [-0.25, -0.2) is 9.37 Å². The molecule has 5 rings (SSSR count). The topological polar surface area (TPSA) is 67.5 Å². The van der Waals surface area contributed by atoms with Gasteiger partial charge in [0.05, 0.1) is 26.2 Å². The fraction of sp³-hybridized carbons (Fsp3) is 0.280. The second-order valence-corrected chi connectivity index (χ2v) is 8.94. The Morgan fingerprint density at radius 2 is 2.00 bits per heavy atom. The number of aromatic nitrogens is 2. The van der Waals surface area contributed by atoms with Crippen LogP contribution in [0.4, 0.5) is 4.39 Å². The second kappa shape index (κ2) is 8.96. The Morgan fingerprint density at radius 3 is 2.76 bits per heavy atom. The summed E-state index contributed by atoms with van der Waals surface area (Å²) in [5.41, 5.74) is 2.51. The van der Waals surface area contributed by atoms with E-state index in [2.05, 4.69) is 9.88 Å². The van der Waals surface area contributed by atoms with Crippen molar-refractivity contribution in [3.05, 3.63) is 75.4 Å². The lowest BCUT2D eigenvalue weighted by atomic mass is 10.0. The fourth-order valence-electron chi connectivity index (χ4n) is 4.56.